The lowest BCUT2D eigenvalue weighted by Gasteiger charge is -2.18. The summed E-state index contributed by atoms with van der Waals surface area (Å²) in [5.41, 5.74) is 8.98. The summed E-state index contributed by atoms with van der Waals surface area (Å²) in [4.78, 5) is 17.9. The molecule has 0 saturated carbocycles. The van der Waals surface area contributed by atoms with Gasteiger partial charge in [0, 0.05) is 11.1 Å². The summed E-state index contributed by atoms with van der Waals surface area (Å²) >= 11 is 1.55. The molecule has 3 rings (SSSR count). The number of pyridine rings is 1. The first kappa shape index (κ1) is 21.4. The van der Waals surface area contributed by atoms with Crippen LogP contribution in [0.1, 0.15) is 46.7 Å². The van der Waals surface area contributed by atoms with Gasteiger partial charge in [0.25, 0.3) is 0 Å². The minimum Gasteiger partial charge on any atom is -0.325 e. The second-order valence-electron chi connectivity index (χ2n) is 8.03. The van der Waals surface area contributed by atoms with E-state index in [-0.39, 0.29) is 11.2 Å². The summed E-state index contributed by atoms with van der Waals surface area (Å²) in [5, 5.41) is 5.06. The standard InChI is InChI=1S/C25H30N2OS/c1-8-21(25(28)27-23-17(5)9-14(2)10-18(23)6)29-22-13-16(4)20-12-15(3)11-19(7)24(20)26-22/h9-13,21H,8H2,1-7H3,(H,27,28). The third-order valence-corrected chi connectivity index (χ3v) is 6.57. The van der Waals surface area contributed by atoms with Gasteiger partial charge in [0.1, 0.15) is 0 Å². The third kappa shape index (κ3) is 4.64. The minimum absolute atomic E-state index is 0.0349. The number of nitrogens with one attached hydrogen (secondary N) is 1. The van der Waals surface area contributed by atoms with Crippen molar-refractivity contribution in [2.75, 3.05) is 5.32 Å². The van der Waals surface area contributed by atoms with Crippen LogP contribution in [-0.4, -0.2) is 16.1 Å². The monoisotopic (exact) mass is 406 g/mol. The summed E-state index contributed by atoms with van der Waals surface area (Å²) in [5.74, 6) is 0.0349. The van der Waals surface area contributed by atoms with Crippen molar-refractivity contribution in [2.24, 2.45) is 0 Å². The Morgan fingerprint density at radius 1 is 0.897 bits per heavy atom. The fourth-order valence-electron chi connectivity index (χ4n) is 3.92. The van der Waals surface area contributed by atoms with Gasteiger partial charge in [-0.25, -0.2) is 4.98 Å². The maximum Gasteiger partial charge on any atom is 0.237 e. The molecule has 152 valence electrons. The number of rotatable bonds is 5. The molecule has 0 aliphatic carbocycles. The Morgan fingerprint density at radius 3 is 2.10 bits per heavy atom. The second kappa shape index (κ2) is 8.58. The van der Waals surface area contributed by atoms with E-state index in [1.54, 1.807) is 11.8 Å². The van der Waals surface area contributed by atoms with Crippen molar-refractivity contribution in [1.29, 1.82) is 0 Å². The number of anilines is 1. The fraction of sp³-hybridized carbons (Fsp3) is 0.360. The zero-order chi connectivity index (χ0) is 21.3. The van der Waals surface area contributed by atoms with Crippen LogP contribution in [-0.2, 0) is 4.79 Å². The van der Waals surface area contributed by atoms with Gasteiger partial charge in [0.05, 0.1) is 15.8 Å². The van der Waals surface area contributed by atoms with Gasteiger partial charge < -0.3 is 5.32 Å². The van der Waals surface area contributed by atoms with Crippen molar-refractivity contribution in [1.82, 2.24) is 4.98 Å². The molecule has 29 heavy (non-hydrogen) atoms. The van der Waals surface area contributed by atoms with E-state index in [0.29, 0.717) is 0 Å². The number of nitrogens with zero attached hydrogens (tertiary/aromatic N) is 1. The molecule has 1 atom stereocenters. The highest BCUT2D eigenvalue weighted by Gasteiger charge is 2.21. The maximum absolute atomic E-state index is 13.0. The molecule has 1 N–H and O–H groups in total. The Morgan fingerprint density at radius 2 is 1.48 bits per heavy atom. The average Bonchev–Trinajstić information content (AvgIpc) is 2.63. The zero-order valence-corrected chi connectivity index (χ0v) is 19.3. The van der Waals surface area contributed by atoms with E-state index in [1.165, 1.54) is 27.6 Å². The first-order chi connectivity index (χ1) is 13.7. The number of hydrogen-bond acceptors (Lipinski definition) is 3. The third-order valence-electron chi connectivity index (χ3n) is 5.28. The molecule has 3 nitrogen and oxygen atoms in total. The summed E-state index contributed by atoms with van der Waals surface area (Å²) < 4.78 is 0. The van der Waals surface area contributed by atoms with Crippen LogP contribution in [0.2, 0.25) is 0 Å². The summed E-state index contributed by atoms with van der Waals surface area (Å²) in [6.07, 6.45) is 0.742. The molecule has 0 radical (unpaired) electrons. The molecule has 0 bridgehead atoms. The number of amides is 1. The van der Waals surface area contributed by atoms with Gasteiger partial charge in [-0.15, -0.1) is 0 Å². The molecule has 0 aliphatic heterocycles. The molecule has 1 heterocycles. The van der Waals surface area contributed by atoms with Gasteiger partial charge in [0.2, 0.25) is 5.91 Å². The van der Waals surface area contributed by atoms with Crippen molar-refractivity contribution in [3.05, 3.63) is 63.7 Å². The molecule has 0 spiro atoms. The van der Waals surface area contributed by atoms with Crippen molar-refractivity contribution in [3.63, 3.8) is 0 Å². The van der Waals surface area contributed by atoms with Gasteiger partial charge in [-0.05, 0) is 82.3 Å². The van der Waals surface area contributed by atoms with Crippen LogP contribution >= 0.6 is 11.8 Å². The quantitative estimate of drug-likeness (QED) is 0.486. The van der Waals surface area contributed by atoms with Gasteiger partial charge in [-0.2, -0.15) is 0 Å². The first-order valence-corrected chi connectivity index (χ1v) is 11.0. The lowest BCUT2D eigenvalue weighted by molar-refractivity contribution is -0.115. The van der Waals surface area contributed by atoms with Gasteiger partial charge in [-0.1, -0.05) is 48.0 Å². The van der Waals surface area contributed by atoms with Crippen LogP contribution in [0.3, 0.4) is 0 Å². The summed E-state index contributed by atoms with van der Waals surface area (Å²) in [7, 11) is 0. The highest BCUT2D eigenvalue weighted by Crippen LogP contribution is 2.31. The first-order valence-electron chi connectivity index (χ1n) is 10.1. The van der Waals surface area contributed by atoms with Crippen LogP contribution in [0.5, 0.6) is 0 Å². The van der Waals surface area contributed by atoms with Crippen LogP contribution in [0.25, 0.3) is 10.9 Å². The molecule has 0 aliphatic rings. The predicted molar refractivity (Wildman–Crippen MR) is 125 cm³/mol. The molecule has 2 aromatic carbocycles. The molecule has 0 saturated heterocycles. The highest BCUT2D eigenvalue weighted by atomic mass is 32.2. The van der Waals surface area contributed by atoms with Crippen LogP contribution < -0.4 is 5.32 Å². The Bertz CT molecular complexity index is 1060. The molecular formula is C25H30N2OS. The van der Waals surface area contributed by atoms with Crippen molar-refractivity contribution in [3.8, 4) is 0 Å². The van der Waals surface area contributed by atoms with Crippen LogP contribution in [0.15, 0.2) is 35.4 Å². The number of fused-ring (bicyclic) bond motifs is 1. The number of carbonyl (C=O) groups is 1. The van der Waals surface area contributed by atoms with Crippen molar-refractivity contribution >= 4 is 34.3 Å². The number of aromatic nitrogens is 1. The van der Waals surface area contributed by atoms with Crippen molar-refractivity contribution in [2.45, 2.75) is 65.2 Å². The van der Waals surface area contributed by atoms with Crippen LogP contribution in [0.4, 0.5) is 5.69 Å². The van der Waals surface area contributed by atoms with Gasteiger partial charge in [-0.3, -0.25) is 4.79 Å². The van der Waals surface area contributed by atoms with E-state index in [9.17, 15) is 4.79 Å². The fourth-order valence-corrected chi connectivity index (χ4v) is 4.94. The smallest absolute Gasteiger partial charge is 0.237 e. The average molecular weight is 407 g/mol. The van der Waals surface area contributed by atoms with E-state index in [4.69, 9.17) is 4.98 Å². The molecule has 1 aromatic heterocycles. The Balaban J connectivity index is 1.87. The Hall–Kier alpha value is -2.33. The van der Waals surface area contributed by atoms with Crippen molar-refractivity contribution < 1.29 is 4.79 Å². The predicted octanol–water partition coefficient (Wildman–Crippen LogP) is 6.59. The van der Waals surface area contributed by atoms with E-state index >= 15 is 0 Å². The molecular weight excluding hydrogens is 376 g/mol. The number of hydrogen-bond donors (Lipinski definition) is 1. The van der Waals surface area contributed by atoms with Crippen LogP contribution in [0, 0.1) is 41.5 Å². The highest BCUT2D eigenvalue weighted by molar-refractivity contribution is 8.00. The topological polar surface area (TPSA) is 42.0 Å². The normalized spacial score (nSPS) is 12.2. The molecule has 1 amide bonds. The van der Waals surface area contributed by atoms with E-state index in [1.807, 2.05) is 13.8 Å². The molecule has 0 fully saturated rings. The van der Waals surface area contributed by atoms with E-state index < -0.39 is 0 Å². The molecule has 1 unspecified atom stereocenters. The van der Waals surface area contributed by atoms with E-state index in [2.05, 4.69) is 70.3 Å². The largest absolute Gasteiger partial charge is 0.325 e. The van der Waals surface area contributed by atoms with E-state index in [0.717, 1.165) is 33.8 Å². The zero-order valence-electron chi connectivity index (χ0n) is 18.4. The Labute approximate surface area is 178 Å². The lowest BCUT2D eigenvalue weighted by Crippen LogP contribution is -2.25. The molecule has 4 heteroatoms. The number of benzene rings is 2. The van der Waals surface area contributed by atoms with Gasteiger partial charge in [0.15, 0.2) is 0 Å². The van der Waals surface area contributed by atoms with Gasteiger partial charge >= 0.3 is 0 Å². The summed E-state index contributed by atoms with van der Waals surface area (Å²) in [6, 6.07) is 10.7. The number of carbonyl (C=O) groups excluding carboxylic acids is 1. The second-order valence-corrected chi connectivity index (χ2v) is 9.26. The Kier molecular flexibility index (Phi) is 6.33. The summed E-state index contributed by atoms with van der Waals surface area (Å²) in [6.45, 7) is 14.5. The number of thioether (sulfide) groups is 1. The SMILES string of the molecule is CCC(Sc1cc(C)c2cc(C)cc(C)c2n1)C(=O)Nc1c(C)cc(C)cc1C. The number of aryl methyl sites for hydroxylation is 6. The minimum atomic E-state index is -0.190. The lowest BCUT2D eigenvalue weighted by atomic mass is 10.0. The maximum atomic E-state index is 13.0. The molecule has 3 aromatic rings.